The molecule has 1 aromatic carbocycles. The van der Waals surface area contributed by atoms with Gasteiger partial charge < -0.3 is 5.32 Å². The average Bonchev–Trinajstić information content (AvgIpc) is 3.25. The molecule has 25 heavy (non-hydrogen) atoms. The highest BCUT2D eigenvalue weighted by atomic mass is 16.6. The Hall–Kier alpha value is -3.00. The fraction of sp³-hybridized carbons (Fsp3) is 0.294. The van der Waals surface area contributed by atoms with Crippen molar-refractivity contribution in [2.75, 3.05) is 18.4 Å². The van der Waals surface area contributed by atoms with Crippen molar-refractivity contribution in [3.05, 3.63) is 58.4 Å². The van der Waals surface area contributed by atoms with E-state index in [1.165, 1.54) is 17.8 Å². The van der Waals surface area contributed by atoms with Crippen LogP contribution in [0.25, 0.3) is 10.9 Å². The fourth-order valence-electron chi connectivity index (χ4n) is 3.29. The Labute approximate surface area is 144 Å². The van der Waals surface area contributed by atoms with Gasteiger partial charge in [-0.15, -0.1) is 0 Å². The molecule has 8 nitrogen and oxygen atoms in total. The van der Waals surface area contributed by atoms with Gasteiger partial charge in [-0.1, -0.05) is 18.2 Å². The van der Waals surface area contributed by atoms with Crippen LogP contribution in [0, 0.1) is 10.1 Å². The first kappa shape index (κ1) is 15.5. The Kier molecular flexibility index (Phi) is 4.02. The number of anilines is 1. The van der Waals surface area contributed by atoms with Crippen molar-refractivity contribution < 1.29 is 4.92 Å². The van der Waals surface area contributed by atoms with Crippen molar-refractivity contribution in [1.29, 1.82) is 0 Å². The molecule has 1 atom stereocenters. The van der Waals surface area contributed by atoms with E-state index >= 15 is 0 Å². The second-order valence-corrected chi connectivity index (χ2v) is 6.28. The maximum Gasteiger partial charge on any atom is 0.287 e. The zero-order valence-electron chi connectivity index (χ0n) is 13.6. The smallest absolute Gasteiger partial charge is 0.287 e. The van der Waals surface area contributed by atoms with Gasteiger partial charge in [0, 0.05) is 37.1 Å². The highest BCUT2D eigenvalue weighted by molar-refractivity contribution is 5.81. The van der Waals surface area contributed by atoms with E-state index in [4.69, 9.17) is 0 Å². The minimum atomic E-state index is -0.440. The molecule has 1 aliphatic rings. The zero-order chi connectivity index (χ0) is 17.2. The number of para-hydroxylation sites is 1. The molecule has 2 aromatic heterocycles. The normalized spacial score (nSPS) is 17.8. The van der Waals surface area contributed by atoms with Crippen LogP contribution in [0.5, 0.6) is 0 Å². The molecule has 4 rings (SSSR count). The van der Waals surface area contributed by atoms with Gasteiger partial charge >= 0.3 is 0 Å². The molecule has 1 fully saturated rings. The summed E-state index contributed by atoms with van der Waals surface area (Å²) in [6, 6.07) is 9.65. The molecule has 1 aliphatic heterocycles. The number of nitrogens with one attached hydrogen (secondary N) is 2. The molecule has 0 spiro atoms. The first-order valence-corrected chi connectivity index (χ1v) is 8.19. The van der Waals surface area contributed by atoms with E-state index in [1.54, 1.807) is 6.07 Å². The Morgan fingerprint density at radius 3 is 3.04 bits per heavy atom. The van der Waals surface area contributed by atoms with Gasteiger partial charge in [0.15, 0.2) is 0 Å². The second kappa shape index (κ2) is 6.48. The van der Waals surface area contributed by atoms with E-state index in [9.17, 15) is 10.1 Å². The standard InChI is InChI=1S/C17H18N6O2/c24-23(25)15-4-5-16(18-9-15)20-14-6-7-22(11-14)10-13-3-1-2-12-8-19-21-17(12)13/h1-5,8-9,14H,6-7,10-11H2,(H,18,20)(H,19,21). The third-order valence-electron chi connectivity index (χ3n) is 4.54. The van der Waals surface area contributed by atoms with Gasteiger partial charge in [0.1, 0.15) is 12.0 Å². The van der Waals surface area contributed by atoms with Gasteiger partial charge in [0.2, 0.25) is 0 Å². The Balaban J connectivity index is 1.38. The predicted octanol–water partition coefficient (Wildman–Crippen LogP) is 2.55. The summed E-state index contributed by atoms with van der Waals surface area (Å²) < 4.78 is 0. The Bertz CT molecular complexity index is 892. The van der Waals surface area contributed by atoms with Gasteiger partial charge in [-0.25, -0.2) is 4.98 Å². The van der Waals surface area contributed by atoms with Gasteiger partial charge in [0.25, 0.3) is 5.69 Å². The van der Waals surface area contributed by atoms with Gasteiger partial charge in [-0.3, -0.25) is 20.1 Å². The van der Waals surface area contributed by atoms with Crippen LogP contribution in [0.4, 0.5) is 11.5 Å². The summed E-state index contributed by atoms with van der Waals surface area (Å²) in [7, 11) is 0. The topological polar surface area (TPSA) is 100.0 Å². The minimum Gasteiger partial charge on any atom is -0.366 e. The number of aromatic amines is 1. The number of benzene rings is 1. The van der Waals surface area contributed by atoms with Gasteiger partial charge in [-0.2, -0.15) is 5.10 Å². The summed E-state index contributed by atoms with van der Waals surface area (Å²) in [6.45, 7) is 2.77. The molecular weight excluding hydrogens is 320 g/mol. The summed E-state index contributed by atoms with van der Waals surface area (Å²) in [5, 5.41) is 22.3. The van der Waals surface area contributed by atoms with Crippen LogP contribution in [0.15, 0.2) is 42.7 Å². The molecule has 2 N–H and O–H groups in total. The van der Waals surface area contributed by atoms with E-state index in [0.717, 1.165) is 37.0 Å². The SMILES string of the molecule is O=[N+]([O-])c1ccc(NC2CCN(Cc3cccc4cn[nH]c34)C2)nc1. The zero-order valence-corrected chi connectivity index (χ0v) is 13.6. The van der Waals surface area contributed by atoms with Gasteiger partial charge in [0.05, 0.1) is 16.6 Å². The molecule has 1 saturated heterocycles. The molecular formula is C17H18N6O2. The average molecular weight is 338 g/mol. The number of fused-ring (bicyclic) bond motifs is 1. The Morgan fingerprint density at radius 2 is 2.24 bits per heavy atom. The van der Waals surface area contributed by atoms with Crippen LogP contribution in [-0.4, -0.2) is 44.1 Å². The quantitative estimate of drug-likeness (QED) is 0.548. The molecule has 3 heterocycles. The largest absolute Gasteiger partial charge is 0.366 e. The number of nitro groups is 1. The molecule has 0 amide bonds. The van der Waals surface area contributed by atoms with Crippen molar-refractivity contribution in [3.8, 4) is 0 Å². The third kappa shape index (κ3) is 3.29. The third-order valence-corrected chi connectivity index (χ3v) is 4.54. The van der Waals surface area contributed by atoms with Crippen LogP contribution in [0.2, 0.25) is 0 Å². The lowest BCUT2D eigenvalue weighted by Gasteiger charge is -2.17. The number of H-pyrrole nitrogens is 1. The number of nitrogens with zero attached hydrogens (tertiary/aromatic N) is 4. The number of pyridine rings is 1. The predicted molar refractivity (Wildman–Crippen MR) is 94.3 cm³/mol. The van der Waals surface area contributed by atoms with E-state index < -0.39 is 4.92 Å². The highest BCUT2D eigenvalue weighted by Crippen LogP contribution is 2.21. The maximum atomic E-state index is 10.7. The van der Waals surface area contributed by atoms with E-state index in [1.807, 2.05) is 6.20 Å². The van der Waals surface area contributed by atoms with Crippen LogP contribution in [-0.2, 0) is 6.54 Å². The lowest BCUT2D eigenvalue weighted by Crippen LogP contribution is -2.26. The van der Waals surface area contributed by atoms with Crippen LogP contribution < -0.4 is 5.32 Å². The molecule has 3 aromatic rings. The lowest BCUT2D eigenvalue weighted by molar-refractivity contribution is -0.385. The number of likely N-dealkylation sites (tertiary alicyclic amines) is 1. The molecule has 1 unspecified atom stereocenters. The molecule has 128 valence electrons. The van der Waals surface area contributed by atoms with Crippen molar-refractivity contribution >= 4 is 22.4 Å². The summed E-state index contributed by atoms with van der Waals surface area (Å²) in [5.74, 6) is 0.674. The number of rotatable bonds is 5. The monoisotopic (exact) mass is 338 g/mol. The van der Waals surface area contributed by atoms with Crippen molar-refractivity contribution in [2.24, 2.45) is 0 Å². The summed E-state index contributed by atoms with van der Waals surface area (Å²) in [5.41, 5.74) is 2.34. The van der Waals surface area contributed by atoms with E-state index in [0.29, 0.717) is 5.82 Å². The minimum absolute atomic E-state index is 0.00579. The first-order chi connectivity index (χ1) is 12.2. The van der Waals surface area contributed by atoms with Crippen LogP contribution >= 0.6 is 0 Å². The molecule has 0 bridgehead atoms. The number of hydrogen-bond donors (Lipinski definition) is 2. The van der Waals surface area contributed by atoms with E-state index in [2.05, 4.69) is 43.6 Å². The van der Waals surface area contributed by atoms with Crippen molar-refractivity contribution in [2.45, 2.75) is 19.0 Å². The maximum absolute atomic E-state index is 10.7. The highest BCUT2D eigenvalue weighted by Gasteiger charge is 2.23. The van der Waals surface area contributed by atoms with Crippen molar-refractivity contribution in [1.82, 2.24) is 20.1 Å². The van der Waals surface area contributed by atoms with Crippen LogP contribution in [0.1, 0.15) is 12.0 Å². The summed E-state index contributed by atoms with van der Waals surface area (Å²) in [6.07, 6.45) is 4.14. The molecule has 0 saturated carbocycles. The summed E-state index contributed by atoms with van der Waals surface area (Å²) in [4.78, 5) is 16.7. The fourth-order valence-corrected chi connectivity index (χ4v) is 3.29. The molecule has 0 aliphatic carbocycles. The lowest BCUT2D eigenvalue weighted by atomic mass is 10.1. The number of hydrogen-bond acceptors (Lipinski definition) is 6. The first-order valence-electron chi connectivity index (χ1n) is 8.19. The Morgan fingerprint density at radius 1 is 1.32 bits per heavy atom. The van der Waals surface area contributed by atoms with Gasteiger partial charge in [-0.05, 0) is 18.1 Å². The van der Waals surface area contributed by atoms with Crippen LogP contribution in [0.3, 0.4) is 0 Å². The van der Waals surface area contributed by atoms with E-state index in [-0.39, 0.29) is 11.7 Å². The molecule has 8 heteroatoms. The van der Waals surface area contributed by atoms with Crippen molar-refractivity contribution in [3.63, 3.8) is 0 Å². The summed E-state index contributed by atoms with van der Waals surface area (Å²) >= 11 is 0. The molecule has 0 radical (unpaired) electrons. The number of aromatic nitrogens is 3. The second-order valence-electron chi connectivity index (χ2n) is 6.28.